The van der Waals surface area contributed by atoms with Crippen LogP contribution in [0.5, 0.6) is 5.75 Å². The molecule has 0 fully saturated rings. The standard InChI is InChI=1S/C18H18N4O4/c1-26-17-8-7-13(11-16(17)22(24)25)18(23)19-9-4-10-21-12-20-14-5-2-3-6-15(14)21/h2-3,5-8,11-12H,4,9-10H2,1H3,(H,19,23). The number of benzene rings is 2. The van der Waals surface area contributed by atoms with Gasteiger partial charge in [-0.3, -0.25) is 14.9 Å². The monoisotopic (exact) mass is 354 g/mol. The summed E-state index contributed by atoms with van der Waals surface area (Å²) >= 11 is 0. The first-order valence-corrected chi connectivity index (χ1v) is 8.10. The van der Waals surface area contributed by atoms with Crippen LogP contribution in [0.4, 0.5) is 5.69 Å². The van der Waals surface area contributed by atoms with Crippen molar-refractivity contribution in [1.82, 2.24) is 14.9 Å². The summed E-state index contributed by atoms with van der Waals surface area (Å²) in [5.41, 5.74) is 1.97. The molecule has 3 aromatic rings. The third-order valence-corrected chi connectivity index (χ3v) is 4.03. The summed E-state index contributed by atoms with van der Waals surface area (Å²) in [7, 11) is 1.35. The number of aromatic nitrogens is 2. The smallest absolute Gasteiger partial charge is 0.311 e. The summed E-state index contributed by atoms with van der Waals surface area (Å²) in [6.07, 6.45) is 2.49. The molecule has 26 heavy (non-hydrogen) atoms. The first-order chi connectivity index (χ1) is 12.6. The maximum absolute atomic E-state index is 12.2. The third kappa shape index (κ3) is 3.64. The number of rotatable bonds is 7. The number of hydrogen-bond donors (Lipinski definition) is 1. The Labute approximate surface area is 149 Å². The van der Waals surface area contributed by atoms with E-state index in [-0.39, 0.29) is 22.9 Å². The average molecular weight is 354 g/mol. The average Bonchev–Trinajstić information content (AvgIpc) is 3.07. The van der Waals surface area contributed by atoms with Crippen LogP contribution in [0.1, 0.15) is 16.8 Å². The largest absolute Gasteiger partial charge is 0.490 e. The van der Waals surface area contributed by atoms with Crippen molar-refractivity contribution in [2.24, 2.45) is 0 Å². The Kier molecular flexibility index (Phi) is 5.12. The molecule has 0 aliphatic rings. The molecular weight excluding hydrogens is 336 g/mol. The SMILES string of the molecule is COc1ccc(C(=O)NCCCn2cnc3ccccc32)cc1[N+](=O)[O-]. The van der Waals surface area contributed by atoms with Crippen LogP contribution in [0.3, 0.4) is 0 Å². The number of methoxy groups -OCH3 is 1. The van der Waals surface area contributed by atoms with Crippen LogP contribution in [0, 0.1) is 10.1 Å². The number of imidazole rings is 1. The number of nitro benzene ring substituents is 1. The summed E-state index contributed by atoms with van der Waals surface area (Å²) in [5.74, 6) is -0.232. The summed E-state index contributed by atoms with van der Waals surface area (Å²) in [5, 5.41) is 13.8. The first-order valence-electron chi connectivity index (χ1n) is 8.10. The molecule has 0 atom stereocenters. The molecule has 134 valence electrons. The number of carbonyl (C=O) groups excluding carboxylic acids is 1. The van der Waals surface area contributed by atoms with Crippen LogP contribution in [0.2, 0.25) is 0 Å². The second-order valence-electron chi connectivity index (χ2n) is 5.68. The zero-order chi connectivity index (χ0) is 18.5. The molecule has 0 saturated carbocycles. The Morgan fingerprint density at radius 2 is 2.12 bits per heavy atom. The number of para-hydroxylation sites is 2. The van der Waals surface area contributed by atoms with Crippen molar-refractivity contribution in [3.63, 3.8) is 0 Å². The fourth-order valence-electron chi connectivity index (χ4n) is 2.72. The Hall–Kier alpha value is -3.42. The Bertz CT molecular complexity index is 951. The van der Waals surface area contributed by atoms with E-state index in [0.717, 1.165) is 11.0 Å². The Balaban J connectivity index is 1.57. The number of fused-ring (bicyclic) bond motifs is 1. The summed E-state index contributed by atoms with van der Waals surface area (Å²) in [6, 6.07) is 12.0. The summed E-state index contributed by atoms with van der Waals surface area (Å²) < 4.78 is 6.96. The van der Waals surface area contributed by atoms with Crippen LogP contribution in [-0.4, -0.2) is 34.0 Å². The maximum Gasteiger partial charge on any atom is 0.311 e. The topological polar surface area (TPSA) is 99.3 Å². The summed E-state index contributed by atoms with van der Waals surface area (Å²) in [6.45, 7) is 1.16. The number of hydrogen-bond acceptors (Lipinski definition) is 5. The molecule has 3 rings (SSSR count). The van der Waals surface area contributed by atoms with Gasteiger partial charge in [0.05, 0.1) is 29.4 Å². The minimum absolute atomic E-state index is 0.124. The predicted octanol–water partition coefficient (Wildman–Crippen LogP) is 2.77. The van der Waals surface area contributed by atoms with Gasteiger partial charge in [0.25, 0.3) is 5.91 Å². The molecule has 2 aromatic carbocycles. The van der Waals surface area contributed by atoms with Crippen LogP contribution in [-0.2, 0) is 6.54 Å². The van der Waals surface area contributed by atoms with Crippen LogP contribution >= 0.6 is 0 Å². The lowest BCUT2D eigenvalue weighted by Crippen LogP contribution is -2.25. The van der Waals surface area contributed by atoms with Crippen LogP contribution in [0.25, 0.3) is 11.0 Å². The fourth-order valence-corrected chi connectivity index (χ4v) is 2.72. The highest BCUT2D eigenvalue weighted by molar-refractivity contribution is 5.95. The van der Waals surface area contributed by atoms with Crippen molar-refractivity contribution in [1.29, 1.82) is 0 Å². The molecule has 0 saturated heterocycles. The van der Waals surface area contributed by atoms with E-state index < -0.39 is 4.92 Å². The van der Waals surface area contributed by atoms with Gasteiger partial charge in [-0.15, -0.1) is 0 Å². The normalized spacial score (nSPS) is 10.7. The number of amides is 1. The molecule has 1 aromatic heterocycles. The van der Waals surface area contributed by atoms with Crippen molar-refractivity contribution in [2.75, 3.05) is 13.7 Å². The second kappa shape index (κ2) is 7.64. The van der Waals surface area contributed by atoms with Gasteiger partial charge in [0.2, 0.25) is 0 Å². The summed E-state index contributed by atoms with van der Waals surface area (Å²) in [4.78, 5) is 27.0. The zero-order valence-electron chi connectivity index (χ0n) is 14.2. The predicted molar refractivity (Wildman–Crippen MR) is 96.3 cm³/mol. The van der Waals surface area contributed by atoms with E-state index >= 15 is 0 Å². The third-order valence-electron chi connectivity index (χ3n) is 4.03. The van der Waals surface area contributed by atoms with Gasteiger partial charge in [-0.1, -0.05) is 12.1 Å². The molecule has 8 nitrogen and oxygen atoms in total. The van der Waals surface area contributed by atoms with Gasteiger partial charge in [0, 0.05) is 24.7 Å². The van der Waals surface area contributed by atoms with Crippen LogP contribution < -0.4 is 10.1 Å². The molecule has 1 N–H and O–H groups in total. The minimum Gasteiger partial charge on any atom is -0.490 e. The lowest BCUT2D eigenvalue weighted by molar-refractivity contribution is -0.385. The molecular formula is C18H18N4O4. The highest BCUT2D eigenvalue weighted by Crippen LogP contribution is 2.27. The Morgan fingerprint density at radius 1 is 1.31 bits per heavy atom. The van der Waals surface area contributed by atoms with Gasteiger partial charge in [0.1, 0.15) is 0 Å². The molecule has 8 heteroatoms. The van der Waals surface area contributed by atoms with Gasteiger partial charge in [-0.05, 0) is 30.7 Å². The number of nitro groups is 1. The number of ether oxygens (including phenoxy) is 1. The second-order valence-corrected chi connectivity index (χ2v) is 5.68. The first kappa shape index (κ1) is 17.4. The molecule has 1 heterocycles. The highest BCUT2D eigenvalue weighted by Gasteiger charge is 2.17. The van der Waals surface area contributed by atoms with E-state index in [0.29, 0.717) is 19.5 Å². The van der Waals surface area contributed by atoms with Crippen molar-refractivity contribution >= 4 is 22.6 Å². The minimum atomic E-state index is -0.570. The Morgan fingerprint density at radius 3 is 2.88 bits per heavy atom. The number of nitrogens with one attached hydrogen (secondary N) is 1. The van der Waals surface area contributed by atoms with Gasteiger partial charge < -0.3 is 14.6 Å². The number of carbonyl (C=O) groups is 1. The van der Waals surface area contributed by atoms with E-state index in [1.165, 1.54) is 25.3 Å². The van der Waals surface area contributed by atoms with Crippen molar-refractivity contribution in [3.05, 3.63) is 64.5 Å². The van der Waals surface area contributed by atoms with Crippen molar-refractivity contribution in [2.45, 2.75) is 13.0 Å². The van der Waals surface area contributed by atoms with Crippen molar-refractivity contribution < 1.29 is 14.5 Å². The molecule has 0 unspecified atom stereocenters. The number of nitrogens with zero attached hydrogens (tertiary/aromatic N) is 3. The lowest BCUT2D eigenvalue weighted by Gasteiger charge is -2.08. The molecule has 0 radical (unpaired) electrons. The zero-order valence-corrected chi connectivity index (χ0v) is 14.2. The van der Waals surface area contributed by atoms with Gasteiger partial charge >= 0.3 is 5.69 Å². The fraction of sp³-hybridized carbons (Fsp3) is 0.222. The molecule has 0 aliphatic heterocycles. The van der Waals surface area contributed by atoms with E-state index in [1.54, 1.807) is 6.33 Å². The number of aryl methyl sites for hydroxylation is 1. The van der Waals surface area contributed by atoms with Crippen LogP contribution in [0.15, 0.2) is 48.8 Å². The van der Waals surface area contributed by atoms with Gasteiger partial charge in [0.15, 0.2) is 5.75 Å². The molecule has 1 amide bonds. The molecule has 0 aliphatic carbocycles. The van der Waals surface area contributed by atoms with Gasteiger partial charge in [-0.2, -0.15) is 0 Å². The van der Waals surface area contributed by atoms with E-state index in [9.17, 15) is 14.9 Å². The maximum atomic E-state index is 12.2. The van der Waals surface area contributed by atoms with E-state index in [1.807, 2.05) is 28.8 Å². The van der Waals surface area contributed by atoms with E-state index in [4.69, 9.17) is 4.74 Å². The van der Waals surface area contributed by atoms with Crippen molar-refractivity contribution in [3.8, 4) is 5.75 Å². The van der Waals surface area contributed by atoms with Gasteiger partial charge in [-0.25, -0.2) is 4.98 Å². The molecule has 0 bridgehead atoms. The molecule has 0 spiro atoms. The van der Waals surface area contributed by atoms with E-state index in [2.05, 4.69) is 10.3 Å². The highest BCUT2D eigenvalue weighted by atomic mass is 16.6. The quantitative estimate of drug-likeness (QED) is 0.399. The lowest BCUT2D eigenvalue weighted by atomic mass is 10.1.